The van der Waals surface area contributed by atoms with Gasteiger partial charge >= 0.3 is 12.3 Å². The molecule has 0 aliphatic rings. The van der Waals surface area contributed by atoms with Crippen molar-refractivity contribution in [3.05, 3.63) is 105 Å². The van der Waals surface area contributed by atoms with Crippen LogP contribution in [-0.2, 0) is 4.79 Å². The number of carboxylic acids is 1. The zero-order valence-corrected chi connectivity index (χ0v) is 20.1. The van der Waals surface area contributed by atoms with Crippen LogP contribution in [0.2, 0.25) is 0 Å². The fourth-order valence-electron chi connectivity index (χ4n) is 4.18. The highest BCUT2D eigenvalue weighted by Gasteiger charge is 2.25. The van der Waals surface area contributed by atoms with Crippen LogP contribution in [0.4, 0.5) is 0 Å². The fraction of sp³-hybridized carbons (Fsp3) is 0.0357. The summed E-state index contributed by atoms with van der Waals surface area (Å²) in [6.07, 6.45) is -1.78. The molecule has 0 radical (unpaired) electrons. The molecule has 0 atom stereocenters. The Hall–Kier alpha value is -4.27. The van der Waals surface area contributed by atoms with Gasteiger partial charge in [0, 0.05) is 29.6 Å². The molecule has 2 heterocycles. The molecule has 1 N–H and O–H groups in total. The molecule has 6 nitrogen and oxygen atoms in total. The first-order valence-electron chi connectivity index (χ1n) is 11.0. The molecule has 0 saturated carbocycles. The summed E-state index contributed by atoms with van der Waals surface area (Å²) in [7, 11) is 0. The first kappa shape index (κ1) is 22.2. The van der Waals surface area contributed by atoms with E-state index in [-0.39, 0.29) is 33.1 Å². The number of carboxylic acid groups (broad SMARTS) is 1. The van der Waals surface area contributed by atoms with Crippen LogP contribution in [0.15, 0.2) is 94.5 Å². The van der Waals surface area contributed by atoms with Gasteiger partial charge in [-0.2, -0.15) is 0 Å². The van der Waals surface area contributed by atoms with E-state index in [1.54, 1.807) is 60.7 Å². The van der Waals surface area contributed by atoms with Gasteiger partial charge < -0.3 is 14.6 Å². The molecule has 2 aromatic heterocycles. The molecule has 0 unspecified atom stereocenters. The van der Waals surface area contributed by atoms with E-state index in [2.05, 4.69) is 0 Å². The summed E-state index contributed by atoms with van der Waals surface area (Å²) in [6, 6.07) is 24.5. The van der Waals surface area contributed by atoms with E-state index in [1.165, 1.54) is 22.7 Å². The van der Waals surface area contributed by atoms with Gasteiger partial charge in [-0.3, -0.25) is 9.59 Å². The van der Waals surface area contributed by atoms with E-state index < -0.39 is 12.3 Å². The molecule has 0 amide bonds. The molecule has 8 heteroatoms. The SMILES string of the molecule is O=C(O)C(Oc1cccc2sc3ccccc3c(=O)c12)Oc1cccc2sc3ccccc3c(=O)c12. The first-order chi connectivity index (χ1) is 17.5. The molecule has 176 valence electrons. The van der Waals surface area contributed by atoms with E-state index in [0.29, 0.717) is 20.2 Å². The van der Waals surface area contributed by atoms with Gasteiger partial charge in [0.25, 0.3) is 0 Å². The molecule has 0 aliphatic heterocycles. The number of ether oxygens (including phenoxy) is 2. The number of aliphatic carboxylic acids is 1. The third kappa shape index (κ3) is 3.67. The summed E-state index contributed by atoms with van der Waals surface area (Å²) in [5, 5.41) is 11.5. The fourth-order valence-corrected chi connectivity index (χ4v) is 6.38. The standard InChI is InChI=1S/C28H16O6S2/c29-25-15-7-1-3-11-19(15)35-21-13-5-9-17(23(21)25)33-28(27(31)32)34-18-10-6-14-22-24(18)26(30)16-8-2-4-12-20(16)36-22/h1-14,28H,(H,31,32). The van der Waals surface area contributed by atoms with Crippen LogP contribution < -0.4 is 20.3 Å². The Labute approximate surface area is 211 Å². The van der Waals surface area contributed by atoms with Gasteiger partial charge in [0.05, 0.1) is 10.8 Å². The summed E-state index contributed by atoms with van der Waals surface area (Å²) >= 11 is 2.83. The summed E-state index contributed by atoms with van der Waals surface area (Å²) in [5.74, 6) is -1.19. The maximum atomic E-state index is 13.3. The summed E-state index contributed by atoms with van der Waals surface area (Å²) in [4.78, 5) is 38.7. The van der Waals surface area contributed by atoms with Gasteiger partial charge in [0.2, 0.25) is 0 Å². The quantitative estimate of drug-likeness (QED) is 0.225. The van der Waals surface area contributed by atoms with Crippen LogP contribution in [-0.4, -0.2) is 17.4 Å². The second-order valence-corrected chi connectivity index (χ2v) is 10.2. The van der Waals surface area contributed by atoms with Crippen molar-refractivity contribution in [1.82, 2.24) is 0 Å². The third-order valence-electron chi connectivity index (χ3n) is 5.80. The normalized spacial score (nSPS) is 11.5. The lowest BCUT2D eigenvalue weighted by atomic mass is 10.1. The second kappa shape index (κ2) is 8.75. The monoisotopic (exact) mass is 512 g/mol. The van der Waals surface area contributed by atoms with Crippen LogP contribution in [0.1, 0.15) is 0 Å². The Morgan fingerprint density at radius 3 is 1.47 bits per heavy atom. The van der Waals surface area contributed by atoms with E-state index in [4.69, 9.17) is 9.47 Å². The van der Waals surface area contributed by atoms with Crippen molar-refractivity contribution in [2.45, 2.75) is 6.29 Å². The minimum absolute atomic E-state index is 0.0998. The number of hydrogen-bond acceptors (Lipinski definition) is 7. The average Bonchev–Trinajstić information content (AvgIpc) is 2.88. The molecule has 6 aromatic rings. The largest absolute Gasteiger partial charge is 0.476 e. The van der Waals surface area contributed by atoms with Crippen LogP contribution in [0.25, 0.3) is 40.3 Å². The molecule has 0 fully saturated rings. The Kier molecular flexibility index (Phi) is 5.40. The number of carbonyl (C=O) groups is 1. The number of benzene rings is 4. The van der Waals surface area contributed by atoms with Crippen molar-refractivity contribution in [1.29, 1.82) is 0 Å². The van der Waals surface area contributed by atoms with Crippen LogP contribution >= 0.6 is 22.7 Å². The molecular weight excluding hydrogens is 496 g/mol. The van der Waals surface area contributed by atoms with Crippen LogP contribution in [0.5, 0.6) is 11.5 Å². The summed E-state index contributed by atoms with van der Waals surface area (Å²) < 4.78 is 14.6. The lowest BCUT2D eigenvalue weighted by Gasteiger charge is -2.18. The lowest BCUT2D eigenvalue weighted by Crippen LogP contribution is -2.33. The average molecular weight is 513 g/mol. The highest BCUT2D eigenvalue weighted by molar-refractivity contribution is 7.25. The molecule has 6 rings (SSSR count). The van der Waals surface area contributed by atoms with E-state index >= 15 is 0 Å². The topological polar surface area (TPSA) is 89.9 Å². The highest BCUT2D eigenvalue weighted by Crippen LogP contribution is 2.33. The minimum atomic E-state index is -1.78. The van der Waals surface area contributed by atoms with E-state index in [0.717, 1.165) is 9.40 Å². The Morgan fingerprint density at radius 2 is 1.03 bits per heavy atom. The van der Waals surface area contributed by atoms with Gasteiger partial charge in [-0.1, -0.05) is 36.4 Å². The minimum Gasteiger partial charge on any atom is -0.476 e. The van der Waals surface area contributed by atoms with Gasteiger partial charge in [0.15, 0.2) is 10.9 Å². The number of hydrogen-bond donors (Lipinski definition) is 1. The third-order valence-corrected chi connectivity index (χ3v) is 8.08. The van der Waals surface area contributed by atoms with Gasteiger partial charge in [0.1, 0.15) is 11.5 Å². The van der Waals surface area contributed by atoms with E-state index in [1.807, 2.05) is 24.3 Å². The van der Waals surface area contributed by atoms with Gasteiger partial charge in [-0.25, -0.2) is 4.79 Å². The zero-order valence-electron chi connectivity index (χ0n) is 18.5. The molecule has 0 bridgehead atoms. The Morgan fingerprint density at radius 1 is 0.611 bits per heavy atom. The molecule has 0 spiro atoms. The molecule has 4 aromatic carbocycles. The van der Waals surface area contributed by atoms with Crippen molar-refractivity contribution in [2.24, 2.45) is 0 Å². The Balaban J connectivity index is 1.46. The van der Waals surface area contributed by atoms with E-state index in [9.17, 15) is 19.5 Å². The van der Waals surface area contributed by atoms with Crippen molar-refractivity contribution in [2.75, 3.05) is 0 Å². The second-order valence-electron chi connectivity index (χ2n) is 8.02. The van der Waals surface area contributed by atoms with Crippen LogP contribution in [0.3, 0.4) is 0 Å². The maximum absolute atomic E-state index is 13.3. The lowest BCUT2D eigenvalue weighted by molar-refractivity contribution is -0.158. The zero-order chi connectivity index (χ0) is 24.8. The number of rotatable bonds is 5. The molecule has 0 saturated heterocycles. The first-order valence-corrected chi connectivity index (χ1v) is 12.6. The van der Waals surface area contributed by atoms with Crippen molar-refractivity contribution >= 4 is 69.0 Å². The predicted octanol–water partition coefficient (Wildman–Crippen LogP) is 6.01. The number of fused-ring (bicyclic) bond motifs is 4. The van der Waals surface area contributed by atoms with Gasteiger partial charge in [-0.05, 0) is 48.5 Å². The Bertz CT molecular complexity index is 1800. The predicted molar refractivity (Wildman–Crippen MR) is 144 cm³/mol. The van der Waals surface area contributed by atoms with Crippen LogP contribution in [0, 0.1) is 0 Å². The molecule has 36 heavy (non-hydrogen) atoms. The van der Waals surface area contributed by atoms with Crippen molar-refractivity contribution < 1.29 is 19.4 Å². The summed E-state index contributed by atoms with van der Waals surface area (Å²) in [5.41, 5.74) is -0.501. The summed E-state index contributed by atoms with van der Waals surface area (Å²) in [6.45, 7) is 0. The van der Waals surface area contributed by atoms with Crippen molar-refractivity contribution in [3.63, 3.8) is 0 Å². The maximum Gasteiger partial charge on any atom is 0.387 e. The smallest absolute Gasteiger partial charge is 0.387 e. The molecular formula is C28H16O6S2. The highest BCUT2D eigenvalue weighted by atomic mass is 32.1. The molecule has 0 aliphatic carbocycles. The van der Waals surface area contributed by atoms with Crippen molar-refractivity contribution in [3.8, 4) is 11.5 Å². The van der Waals surface area contributed by atoms with Gasteiger partial charge in [-0.15, -0.1) is 22.7 Å².